The summed E-state index contributed by atoms with van der Waals surface area (Å²) in [5.74, 6) is 0.205. The van der Waals surface area contributed by atoms with Gasteiger partial charge in [0.25, 0.3) is 5.56 Å². The average Bonchev–Trinajstić information content (AvgIpc) is 2.68. The van der Waals surface area contributed by atoms with Gasteiger partial charge in [-0.15, -0.1) is 0 Å². The minimum Gasteiger partial charge on any atom is -0.369 e. The van der Waals surface area contributed by atoms with Gasteiger partial charge in [0.1, 0.15) is 0 Å². The Balaban J connectivity index is 2.38. The second-order valence-electron chi connectivity index (χ2n) is 3.69. The number of H-pyrrole nitrogens is 1. The largest absolute Gasteiger partial charge is 0.369 e. The predicted octanol–water partition coefficient (Wildman–Crippen LogP) is 1.34. The first-order valence-electron chi connectivity index (χ1n) is 5.14. The van der Waals surface area contributed by atoms with Gasteiger partial charge < -0.3 is 10.7 Å². The molecule has 3 rings (SSSR count). The summed E-state index contributed by atoms with van der Waals surface area (Å²) in [4.78, 5) is 22.3. The van der Waals surface area contributed by atoms with E-state index in [1.807, 2.05) is 0 Å². The molecule has 0 amide bonds. The first kappa shape index (κ1) is 10.8. The molecule has 6 nitrogen and oxygen atoms in total. The standard InChI is InChI=1S/C11H8ClN5O/c12-6-1-3-7(4-2-6)17-8-9(16-11(17)13)14-5-15-10(8)18/h1-5H,(H3,13,14,15,16,18). The summed E-state index contributed by atoms with van der Waals surface area (Å²) in [6, 6.07) is 6.94. The number of benzene rings is 1. The maximum Gasteiger partial charge on any atom is 0.277 e. The normalized spacial score (nSPS) is 10.9. The third-order valence-corrected chi connectivity index (χ3v) is 2.82. The van der Waals surface area contributed by atoms with Gasteiger partial charge in [-0.25, -0.2) is 4.98 Å². The summed E-state index contributed by atoms with van der Waals surface area (Å²) in [5, 5.41) is 0.605. The quantitative estimate of drug-likeness (QED) is 0.692. The second kappa shape index (κ2) is 3.85. The lowest BCUT2D eigenvalue weighted by Crippen LogP contribution is -2.11. The van der Waals surface area contributed by atoms with Crippen molar-refractivity contribution in [3.8, 4) is 5.69 Å². The zero-order chi connectivity index (χ0) is 12.7. The second-order valence-corrected chi connectivity index (χ2v) is 4.12. The Morgan fingerprint density at radius 3 is 2.72 bits per heavy atom. The zero-order valence-corrected chi connectivity index (χ0v) is 9.85. The van der Waals surface area contributed by atoms with Gasteiger partial charge in [0.2, 0.25) is 5.95 Å². The molecule has 7 heteroatoms. The Bertz CT molecular complexity index is 774. The molecular weight excluding hydrogens is 254 g/mol. The molecule has 0 saturated carbocycles. The van der Waals surface area contributed by atoms with Crippen molar-refractivity contribution < 1.29 is 0 Å². The molecule has 0 atom stereocenters. The SMILES string of the molecule is Nc1nc2nc[nH]c(=O)c2n1-c1ccc(Cl)cc1. The molecule has 18 heavy (non-hydrogen) atoms. The fourth-order valence-corrected chi connectivity index (χ4v) is 1.92. The van der Waals surface area contributed by atoms with E-state index in [2.05, 4.69) is 15.0 Å². The van der Waals surface area contributed by atoms with E-state index in [4.69, 9.17) is 17.3 Å². The summed E-state index contributed by atoms with van der Waals surface area (Å²) in [6.45, 7) is 0. The van der Waals surface area contributed by atoms with Crippen molar-refractivity contribution in [1.29, 1.82) is 0 Å². The summed E-state index contributed by atoms with van der Waals surface area (Å²) < 4.78 is 1.54. The van der Waals surface area contributed by atoms with Crippen LogP contribution in [0.1, 0.15) is 0 Å². The molecule has 0 spiro atoms. The van der Waals surface area contributed by atoms with Crippen LogP contribution in [0.15, 0.2) is 35.4 Å². The van der Waals surface area contributed by atoms with Gasteiger partial charge in [-0.3, -0.25) is 9.36 Å². The van der Waals surface area contributed by atoms with Crippen LogP contribution in [-0.4, -0.2) is 19.5 Å². The van der Waals surface area contributed by atoms with Crippen molar-refractivity contribution in [3.63, 3.8) is 0 Å². The maximum absolute atomic E-state index is 11.8. The fourth-order valence-electron chi connectivity index (χ4n) is 1.79. The topological polar surface area (TPSA) is 89.6 Å². The highest BCUT2D eigenvalue weighted by Crippen LogP contribution is 2.20. The number of halogens is 1. The van der Waals surface area contributed by atoms with E-state index < -0.39 is 0 Å². The molecule has 90 valence electrons. The minimum absolute atomic E-state index is 0.205. The molecule has 0 unspecified atom stereocenters. The van der Waals surface area contributed by atoms with Crippen LogP contribution in [0.4, 0.5) is 5.95 Å². The molecule has 1 aromatic carbocycles. The van der Waals surface area contributed by atoms with E-state index in [-0.39, 0.29) is 11.5 Å². The number of hydrogen-bond acceptors (Lipinski definition) is 4. The molecule has 0 aliphatic carbocycles. The van der Waals surface area contributed by atoms with Gasteiger partial charge in [0, 0.05) is 10.7 Å². The third kappa shape index (κ3) is 1.54. The number of anilines is 1. The lowest BCUT2D eigenvalue weighted by Gasteiger charge is -2.05. The molecule has 0 aliphatic rings. The van der Waals surface area contributed by atoms with E-state index >= 15 is 0 Å². The summed E-state index contributed by atoms with van der Waals surface area (Å²) >= 11 is 5.83. The van der Waals surface area contributed by atoms with Crippen molar-refractivity contribution >= 4 is 28.7 Å². The lowest BCUT2D eigenvalue weighted by molar-refractivity contribution is 1.08. The Labute approximate surface area is 106 Å². The third-order valence-electron chi connectivity index (χ3n) is 2.57. The van der Waals surface area contributed by atoms with E-state index in [9.17, 15) is 4.79 Å². The van der Waals surface area contributed by atoms with E-state index in [0.717, 1.165) is 0 Å². The van der Waals surface area contributed by atoms with Crippen LogP contribution in [0.2, 0.25) is 5.02 Å². The van der Waals surface area contributed by atoms with Crippen LogP contribution < -0.4 is 11.3 Å². The number of fused-ring (bicyclic) bond motifs is 1. The van der Waals surface area contributed by atoms with Gasteiger partial charge in [-0.05, 0) is 24.3 Å². The monoisotopic (exact) mass is 261 g/mol. The molecular formula is C11H8ClN5O. The molecule has 2 heterocycles. The number of aromatic amines is 1. The molecule has 0 radical (unpaired) electrons. The van der Waals surface area contributed by atoms with Gasteiger partial charge >= 0.3 is 0 Å². The lowest BCUT2D eigenvalue weighted by atomic mass is 10.3. The smallest absolute Gasteiger partial charge is 0.277 e. The molecule has 0 saturated heterocycles. The zero-order valence-electron chi connectivity index (χ0n) is 9.09. The number of hydrogen-bond donors (Lipinski definition) is 2. The van der Waals surface area contributed by atoms with E-state index in [0.29, 0.717) is 21.9 Å². The minimum atomic E-state index is -0.292. The van der Waals surface area contributed by atoms with Crippen molar-refractivity contribution in [2.45, 2.75) is 0 Å². The van der Waals surface area contributed by atoms with Gasteiger partial charge in [-0.1, -0.05) is 11.6 Å². The highest BCUT2D eigenvalue weighted by atomic mass is 35.5. The molecule has 3 aromatic rings. The van der Waals surface area contributed by atoms with E-state index in [1.54, 1.807) is 24.3 Å². The highest BCUT2D eigenvalue weighted by Gasteiger charge is 2.13. The Hall–Kier alpha value is -2.34. The number of nitrogens with one attached hydrogen (secondary N) is 1. The number of nitrogen functional groups attached to an aromatic ring is 1. The molecule has 0 aliphatic heterocycles. The molecule has 2 aromatic heterocycles. The Morgan fingerprint density at radius 2 is 2.00 bits per heavy atom. The van der Waals surface area contributed by atoms with Crippen molar-refractivity contribution in [2.24, 2.45) is 0 Å². The summed E-state index contributed by atoms with van der Waals surface area (Å²) in [5.41, 5.74) is 6.86. The first-order chi connectivity index (χ1) is 8.66. The number of rotatable bonds is 1. The fraction of sp³-hybridized carbons (Fsp3) is 0. The number of nitrogens with two attached hydrogens (primary N) is 1. The maximum atomic E-state index is 11.8. The van der Waals surface area contributed by atoms with Gasteiger partial charge in [-0.2, -0.15) is 4.98 Å². The van der Waals surface area contributed by atoms with Crippen molar-refractivity contribution in [2.75, 3.05) is 5.73 Å². The van der Waals surface area contributed by atoms with Crippen molar-refractivity contribution in [3.05, 3.63) is 46.0 Å². The summed E-state index contributed by atoms with van der Waals surface area (Å²) in [6.07, 6.45) is 1.29. The van der Waals surface area contributed by atoms with Crippen LogP contribution in [0.5, 0.6) is 0 Å². The summed E-state index contributed by atoms with van der Waals surface area (Å²) in [7, 11) is 0. The van der Waals surface area contributed by atoms with E-state index in [1.165, 1.54) is 10.9 Å². The van der Waals surface area contributed by atoms with Gasteiger partial charge in [0.15, 0.2) is 11.2 Å². The van der Waals surface area contributed by atoms with Crippen LogP contribution in [-0.2, 0) is 0 Å². The number of nitrogens with zero attached hydrogens (tertiary/aromatic N) is 3. The van der Waals surface area contributed by atoms with Crippen LogP contribution >= 0.6 is 11.6 Å². The predicted molar refractivity (Wildman–Crippen MR) is 68.9 cm³/mol. The van der Waals surface area contributed by atoms with Crippen molar-refractivity contribution in [1.82, 2.24) is 19.5 Å². The first-order valence-corrected chi connectivity index (χ1v) is 5.52. The molecule has 3 N–H and O–H groups in total. The molecule has 0 fully saturated rings. The number of aromatic nitrogens is 4. The molecule has 0 bridgehead atoms. The van der Waals surface area contributed by atoms with Gasteiger partial charge in [0.05, 0.1) is 6.33 Å². The van der Waals surface area contributed by atoms with Crippen LogP contribution in [0.3, 0.4) is 0 Å². The number of imidazole rings is 1. The Kier molecular flexibility index (Phi) is 2.31. The highest BCUT2D eigenvalue weighted by molar-refractivity contribution is 6.30. The van der Waals surface area contributed by atoms with Crippen LogP contribution in [0.25, 0.3) is 16.9 Å². The van der Waals surface area contributed by atoms with Crippen LogP contribution in [0, 0.1) is 0 Å². The average molecular weight is 262 g/mol. The Morgan fingerprint density at radius 1 is 1.28 bits per heavy atom.